The average Bonchev–Trinajstić information content (AvgIpc) is 2.10. The van der Waals surface area contributed by atoms with Crippen molar-refractivity contribution in [3.05, 3.63) is 0 Å². The summed E-state index contributed by atoms with van der Waals surface area (Å²) in [6.07, 6.45) is 5.54. The Morgan fingerprint density at radius 3 is 2.00 bits per heavy atom. The molecule has 1 atom stereocenters. The van der Waals surface area contributed by atoms with Crippen molar-refractivity contribution in [2.75, 3.05) is 13.6 Å². The summed E-state index contributed by atoms with van der Waals surface area (Å²) in [5.74, 6) is 0.874. The van der Waals surface area contributed by atoms with Crippen LogP contribution in [0.25, 0.3) is 0 Å². The molecular formula is C12H27N. The van der Waals surface area contributed by atoms with E-state index in [1.807, 2.05) is 0 Å². The quantitative estimate of drug-likeness (QED) is 0.548. The Labute approximate surface area is 84.5 Å². The smallest absolute Gasteiger partial charge is 0.00637 e. The molecule has 0 saturated carbocycles. The lowest BCUT2D eigenvalue weighted by molar-refractivity contribution is 0.252. The molecule has 13 heavy (non-hydrogen) atoms. The lowest BCUT2D eigenvalue weighted by Crippen LogP contribution is -2.28. The number of hydrogen-bond donors (Lipinski definition) is 0. The van der Waals surface area contributed by atoms with E-state index in [0.717, 1.165) is 12.0 Å². The van der Waals surface area contributed by atoms with Gasteiger partial charge in [-0.3, -0.25) is 0 Å². The van der Waals surface area contributed by atoms with Gasteiger partial charge in [-0.25, -0.2) is 0 Å². The maximum Gasteiger partial charge on any atom is 0.00637 e. The molecule has 0 heterocycles. The highest BCUT2D eigenvalue weighted by Crippen LogP contribution is 2.11. The number of nitrogens with zero attached hydrogens (tertiary/aromatic N) is 1. The Balaban J connectivity index is 3.31. The van der Waals surface area contributed by atoms with Gasteiger partial charge in [-0.15, -0.1) is 0 Å². The van der Waals surface area contributed by atoms with Crippen LogP contribution in [0.4, 0.5) is 0 Å². The molecule has 0 bridgehead atoms. The zero-order valence-corrected chi connectivity index (χ0v) is 10.1. The van der Waals surface area contributed by atoms with Gasteiger partial charge in [-0.2, -0.15) is 0 Å². The lowest BCUT2D eigenvalue weighted by Gasteiger charge is -2.22. The largest absolute Gasteiger partial charge is 0.304 e. The van der Waals surface area contributed by atoms with E-state index in [-0.39, 0.29) is 0 Å². The first-order valence-electron chi connectivity index (χ1n) is 5.78. The second-order valence-corrected chi connectivity index (χ2v) is 4.60. The minimum atomic E-state index is 0.761. The highest BCUT2D eigenvalue weighted by molar-refractivity contribution is 4.61. The third kappa shape index (κ3) is 7.06. The highest BCUT2D eigenvalue weighted by atomic mass is 15.1. The minimum Gasteiger partial charge on any atom is -0.304 e. The second kappa shape index (κ2) is 7.37. The highest BCUT2D eigenvalue weighted by Gasteiger charge is 2.05. The van der Waals surface area contributed by atoms with Crippen molar-refractivity contribution < 1.29 is 0 Å². The van der Waals surface area contributed by atoms with Crippen molar-refractivity contribution in [2.24, 2.45) is 5.92 Å². The van der Waals surface area contributed by atoms with Gasteiger partial charge < -0.3 is 4.90 Å². The van der Waals surface area contributed by atoms with Crippen LogP contribution >= 0.6 is 0 Å². The number of rotatable bonds is 7. The maximum absolute atomic E-state index is 2.43. The lowest BCUT2D eigenvalue weighted by atomic mass is 10.0. The van der Waals surface area contributed by atoms with Crippen LogP contribution in [0.15, 0.2) is 0 Å². The van der Waals surface area contributed by atoms with E-state index < -0.39 is 0 Å². The van der Waals surface area contributed by atoms with Crippen LogP contribution in [0, 0.1) is 5.92 Å². The number of unbranched alkanes of at least 4 members (excludes halogenated alkanes) is 1. The van der Waals surface area contributed by atoms with E-state index in [2.05, 4.69) is 39.6 Å². The van der Waals surface area contributed by atoms with Gasteiger partial charge in [-0.1, -0.05) is 40.0 Å². The van der Waals surface area contributed by atoms with Crippen LogP contribution in [0.2, 0.25) is 0 Å². The van der Waals surface area contributed by atoms with Gasteiger partial charge in [-0.05, 0) is 32.9 Å². The predicted octanol–water partition coefficient (Wildman–Crippen LogP) is 3.54. The molecule has 0 aliphatic heterocycles. The molecule has 0 aromatic carbocycles. The Hall–Kier alpha value is -0.0400. The Kier molecular flexibility index (Phi) is 7.35. The fourth-order valence-electron chi connectivity index (χ4n) is 1.52. The topological polar surface area (TPSA) is 3.24 Å². The van der Waals surface area contributed by atoms with Crippen LogP contribution < -0.4 is 0 Å². The van der Waals surface area contributed by atoms with Crippen LogP contribution in [0.5, 0.6) is 0 Å². The van der Waals surface area contributed by atoms with Gasteiger partial charge >= 0.3 is 0 Å². The summed E-state index contributed by atoms with van der Waals surface area (Å²) in [6, 6.07) is 0.761. The summed E-state index contributed by atoms with van der Waals surface area (Å²) in [5, 5.41) is 0. The number of hydrogen-bond acceptors (Lipinski definition) is 1. The van der Waals surface area contributed by atoms with Crippen LogP contribution in [-0.2, 0) is 0 Å². The molecule has 0 amide bonds. The van der Waals surface area contributed by atoms with Gasteiger partial charge in [0.1, 0.15) is 0 Å². The standard InChI is InChI=1S/C12H27N/c1-6-13(5)12(4)10-8-7-9-11(2)3/h11-12H,6-10H2,1-5H3. The fourth-order valence-corrected chi connectivity index (χ4v) is 1.52. The predicted molar refractivity (Wildman–Crippen MR) is 61.1 cm³/mol. The van der Waals surface area contributed by atoms with Crippen molar-refractivity contribution >= 4 is 0 Å². The van der Waals surface area contributed by atoms with Gasteiger partial charge in [0.2, 0.25) is 0 Å². The van der Waals surface area contributed by atoms with Crippen LogP contribution in [-0.4, -0.2) is 24.5 Å². The van der Waals surface area contributed by atoms with Gasteiger partial charge in [0.15, 0.2) is 0 Å². The van der Waals surface area contributed by atoms with E-state index in [1.165, 1.54) is 32.2 Å². The Morgan fingerprint density at radius 1 is 1.00 bits per heavy atom. The first-order chi connectivity index (χ1) is 6.07. The molecule has 1 unspecified atom stereocenters. The minimum absolute atomic E-state index is 0.761. The average molecular weight is 185 g/mol. The van der Waals surface area contributed by atoms with Crippen LogP contribution in [0.1, 0.15) is 53.4 Å². The molecule has 0 spiro atoms. The van der Waals surface area contributed by atoms with Gasteiger partial charge in [0.05, 0.1) is 0 Å². The van der Waals surface area contributed by atoms with E-state index in [9.17, 15) is 0 Å². The van der Waals surface area contributed by atoms with Gasteiger partial charge in [0.25, 0.3) is 0 Å². The molecule has 1 heteroatoms. The third-order valence-corrected chi connectivity index (χ3v) is 2.90. The van der Waals surface area contributed by atoms with E-state index in [0.29, 0.717) is 0 Å². The molecule has 0 aliphatic rings. The molecule has 0 fully saturated rings. The maximum atomic E-state index is 2.43. The molecule has 0 rings (SSSR count). The first-order valence-corrected chi connectivity index (χ1v) is 5.78. The van der Waals surface area contributed by atoms with E-state index >= 15 is 0 Å². The van der Waals surface area contributed by atoms with Crippen LogP contribution in [0.3, 0.4) is 0 Å². The third-order valence-electron chi connectivity index (χ3n) is 2.90. The fraction of sp³-hybridized carbons (Fsp3) is 1.00. The molecule has 0 aromatic heterocycles. The van der Waals surface area contributed by atoms with Crippen molar-refractivity contribution in [2.45, 2.75) is 59.4 Å². The summed E-state index contributed by atoms with van der Waals surface area (Å²) in [5.41, 5.74) is 0. The van der Waals surface area contributed by atoms with Crippen molar-refractivity contribution in [3.63, 3.8) is 0 Å². The zero-order chi connectivity index (χ0) is 10.3. The van der Waals surface area contributed by atoms with Crippen molar-refractivity contribution in [1.82, 2.24) is 4.90 Å². The molecule has 0 aromatic rings. The van der Waals surface area contributed by atoms with E-state index in [4.69, 9.17) is 0 Å². The molecule has 80 valence electrons. The van der Waals surface area contributed by atoms with Gasteiger partial charge in [0, 0.05) is 6.04 Å². The zero-order valence-electron chi connectivity index (χ0n) is 10.1. The first kappa shape index (κ1) is 13.0. The summed E-state index contributed by atoms with van der Waals surface area (Å²) in [4.78, 5) is 2.43. The van der Waals surface area contributed by atoms with Crippen molar-refractivity contribution in [3.8, 4) is 0 Å². The normalized spacial score (nSPS) is 14.1. The molecule has 1 nitrogen and oxygen atoms in total. The Bertz CT molecular complexity index is 110. The van der Waals surface area contributed by atoms with E-state index in [1.54, 1.807) is 0 Å². The molecule has 0 N–H and O–H groups in total. The SMILES string of the molecule is CCN(C)C(C)CCCCC(C)C. The molecule has 0 aliphatic carbocycles. The Morgan fingerprint density at radius 2 is 1.54 bits per heavy atom. The van der Waals surface area contributed by atoms with Crippen molar-refractivity contribution in [1.29, 1.82) is 0 Å². The monoisotopic (exact) mass is 185 g/mol. The molecular weight excluding hydrogens is 158 g/mol. The summed E-state index contributed by atoms with van der Waals surface area (Å²) in [6.45, 7) is 10.3. The molecule has 0 saturated heterocycles. The summed E-state index contributed by atoms with van der Waals surface area (Å²) < 4.78 is 0. The summed E-state index contributed by atoms with van der Waals surface area (Å²) in [7, 11) is 2.22. The molecule has 0 radical (unpaired) electrons. The second-order valence-electron chi connectivity index (χ2n) is 4.60. The summed E-state index contributed by atoms with van der Waals surface area (Å²) >= 11 is 0.